The van der Waals surface area contributed by atoms with Crippen molar-refractivity contribution in [2.75, 3.05) is 25.0 Å². The maximum atomic E-state index is 13.5. The summed E-state index contributed by atoms with van der Waals surface area (Å²) in [5.41, 5.74) is 2.54. The first-order valence-electron chi connectivity index (χ1n) is 12.0. The van der Waals surface area contributed by atoms with E-state index in [1.165, 1.54) is 12.1 Å². The third-order valence-corrected chi connectivity index (χ3v) is 6.18. The van der Waals surface area contributed by atoms with Gasteiger partial charge in [0.2, 0.25) is 0 Å². The third-order valence-electron chi connectivity index (χ3n) is 6.18. The minimum atomic E-state index is -0.348. The molecule has 1 aliphatic heterocycles. The van der Waals surface area contributed by atoms with Crippen LogP contribution >= 0.6 is 0 Å². The molecule has 182 valence electrons. The van der Waals surface area contributed by atoms with Crippen LogP contribution in [0.5, 0.6) is 5.75 Å². The molecule has 0 aliphatic carbocycles. The molecule has 0 bridgehead atoms. The number of carbonyl (C=O) groups is 1. The molecule has 1 amide bonds. The Bertz CT molecular complexity index is 1140. The van der Waals surface area contributed by atoms with Crippen LogP contribution in [0, 0.1) is 5.82 Å². The van der Waals surface area contributed by atoms with Crippen LogP contribution in [0.15, 0.2) is 40.8 Å². The quantitative estimate of drug-likeness (QED) is 0.476. The molecular formula is C27H33FN2O4. The number of nitrogens with zero attached hydrogens (tertiary/aromatic N) is 1. The van der Waals surface area contributed by atoms with Gasteiger partial charge in [0.25, 0.3) is 5.91 Å². The van der Waals surface area contributed by atoms with Crippen LogP contribution in [-0.2, 0) is 4.74 Å². The van der Waals surface area contributed by atoms with Gasteiger partial charge in [-0.15, -0.1) is 0 Å². The number of benzene rings is 2. The second-order valence-corrected chi connectivity index (χ2v) is 8.98. The average molecular weight is 469 g/mol. The normalized spacial score (nSPS) is 18.5. The van der Waals surface area contributed by atoms with Gasteiger partial charge >= 0.3 is 0 Å². The lowest BCUT2D eigenvalue weighted by Crippen LogP contribution is -2.47. The number of morpholine rings is 1. The number of anilines is 1. The first-order chi connectivity index (χ1) is 16.3. The summed E-state index contributed by atoms with van der Waals surface area (Å²) in [6, 6.07) is 9.80. The summed E-state index contributed by atoms with van der Waals surface area (Å²) in [5.74, 6) is 0.483. The van der Waals surface area contributed by atoms with Crippen molar-refractivity contribution in [1.29, 1.82) is 0 Å². The first kappa shape index (κ1) is 24.1. The van der Waals surface area contributed by atoms with Crippen molar-refractivity contribution < 1.29 is 23.1 Å². The Morgan fingerprint density at radius 2 is 1.79 bits per heavy atom. The first-order valence-corrected chi connectivity index (χ1v) is 12.0. The van der Waals surface area contributed by atoms with Crippen molar-refractivity contribution in [2.45, 2.75) is 58.8 Å². The van der Waals surface area contributed by atoms with Crippen molar-refractivity contribution in [3.8, 4) is 17.1 Å². The highest BCUT2D eigenvalue weighted by Gasteiger charge is 2.30. The van der Waals surface area contributed by atoms with E-state index in [-0.39, 0.29) is 30.0 Å². The third kappa shape index (κ3) is 4.75. The van der Waals surface area contributed by atoms with Gasteiger partial charge in [0.15, 0.2) is 0 Å². The minimum absolute atomic E-state index is 0.0480. The Labute approximate surface area is 200 Å². The van der Waals surface area contributed by atoms with E-state index in [0.29, 0.717) is 33.6 Å². The van der Waals surface area contributed by atoms with Crippen molar-refractivity contribution in [3.63, 3.8) is 0 Å². The Hall–Kier alpha value is -3.06. The highest BCUT2D eigenvalue weighted by molar-refractivity contribution is 6.12. The number of fused-ring (bicyclic) bond motifs is 1. The van der Waals surface area contributed by atoms with Gasteiger partial charge < -0.3 is 24.1 Å². The molecule has 1 fully saturated rings. The SMILES string of the molecule is CCC1CN(c2cc3oc(-c4ccc(F)cc4)c(C(=O)NC)c3cc2OC(C)C)CC(CC)O1. The summed E-state index contributed by atoms with van der Waals surface area (Å²) in [6.45, 7) is 9.73. The van der Waals surface area contributed by atoms with E-state index in [4.69, 9.17) is 13.9 Å². The molecule has 0 spiro atoms. The molecule has 1 N–H and O–H groups in total. The fourth-order valence-corrected chi connectivity index (χ4v) is 4.43. The van der Waals surface area contributed by atoms with Crippen LogP contribution in [-0.4, -0.2) is 44.4 Å². The van der Waals surface area contributed by atoms with Crippen LogP contribution in [0.25, 0.3) is 22.3 Å². The van der Waals surface area contributed by atoms with E-state index in [1.807, 2.05) is 26.0 Å². The second kappa shape index (κ2) is 10.1. The zero-order valence-electron chi connectivity index (χ0n) is 20.5. The monoisotopic (exact) mass is 468 g/mol. The van der Waals surface area contributed by atoms with Gasteiger partial charge in [-0.25, -0.2) is 4.39 Å². The maximum Gasteiger partial charge on any atom is 0.255 e. The van der Waals surface area contributed by atoms with Crippen LogP contribution in [0.3, 0.4) is 0 Å². The van der Waals surface area contributed by atoms with Gasteiger partial charge in [0.05, 0.1) is 29.6 Å². The molecule has 6 nitrogen and oxygen atoms in total. The van der Waals surface area contributed by atoms with Gasteiger partial charge in [0.1, 0.15) is 22.9 Å². The molecule has 2 heterocycles. The minimum Gasteiger partial charge on any atom is -0.489 e. The summed E-state index contributed by atoms with van der Waals surface area (Å²) in [5, 5.41) is 3.36. The van der Waals surface area contributed by atoms with Gasteiger partial charge in [-0.1, -0.05) is 13.8 Å². The number of rotatable bonds is 7. The number of amides is 1. The molecule has 7 heteroatoms. The summed E-state index contributed by atoms with van der Waals surface area (Å²) in [4.78, 5) is 15.2. The lowest BCUT2D eigenvalue weighted by molar-refractivity contribution is -0.0286. The zero-order valence-corrected chi connectivity index (χ0v) is 20.5. The van der Waals surface area contributed by atoms with E-state index in [9.17, 15) is 9.18 Å². The van der Waals surface area contributed by atoms with E-state index < -0.39 is 0 Å². The van der Waals surface area contributed by atoms with E-state index in [2.05, 4.69) is 24.1 Å². The van der Waals surface area contributed by atoms with E-state index in [0.717, 1.165) is 31.6 Å². The molecule has 1 aliphatic rings. The zero-order chi connectivity index (χ0) is 24.4. The predicted molar refractivity (Wildman–Crippen MR) is 132 cm³/mol. The van der Waals surface area contributed by atoms with Crippen molar-refractivity contribution in [2.24, 2.45) is 0 Å². The Morgan fingerprint density at radius 1 is 1.15 bits per heavy atom. The van der Waals surface area contributed by atoms with Crippen LogP contribution in [0.1, 0.15) is 50.9 Å². The largest absolute Gasteiger partial charge is 0.489 e. The summed E-state index contributed by atoms with van der Waals surface area (Å²) < 4.78 is 32.2. The Balaban J connectivity index is 1.90. The lowest BCUT2D eigenvalue weighted by Gasteiger charge is -2.39. The van der Waals surface area contributed by atoms with Gasteiger partial charge in [-0.2, -0.15) is 0 Å². The highest BCUT2D eigenvalue weighted by Crippen LogP contribution is 2.41. The predicted octanol–water partition coefficient (Wildman–Crippen LogP) is 5.78. The number of halogens is 1. The highest BCUT2D eigenvalue weighted by atomic mass is 19.1. The number of nitrogens with one attached hydrogen (secondary N) is 1. The topological polar surface area (TPSA) is 63.9 Å². The summed E-state index contributed by atoms with van der Waals surface area (Å²) >= 11 is 0. The van der Waals surface area contributed by atoms with E-state index >= 15 is 0 Å². The van der Waals surface area contributed by atoms with Gasteiger partial charge in [-0.05, 0) is 57.0 Å². The fourth-order valence-electron chi connectivity index (χ4n) is 4.43. The van der Waals surface area contributed by atoms with Crippen LogP contribution in [0.2, 0.25) is 0 Å². The summed E-state index contributed by atoms with van der Waals surface area (Å²) in [6.07, 6.45) is 2.06. The molecule has 3 aromatic rings. The average Bonchev–Trinajstić information content (AvgIpc) is 3.21. The van der Waals surface area contributed by atoms with Crippen LogP contribution in [0.4, 0.5) is 10.1 Å². The summed E-state index contributed by atoms with van der Waals surface area (Å²) in [7, 11) is 1.58. The Morgan fingerprint density at radius 3 is 2.35 bits per heavy atom. The standard InChI is InChI=1S/C27H33FN2O4/c1-6-19-14-30(15-20(7-2)33-19)22-13-23-21(12-24(22)32-16(3)4)25(27(31)29-5)26(34-23)17-8-10-18(28)11-9-17/h8-13,16,19-20H,6-7,14-15H2,1-5H3,(H,29,31). The molecule has 1 saturated heterocycles. The number of furan rings is 1. The van der Waals surface area contributed by atoms with Gasteiger partial charge in [-0.3, -0.25) is 4.79 Å². The number of carbonyl (C=O) groups excluding carboxylic acids is 1. The number of hydrogen-bond donors (Lipinski definition) is 1. The number of ether oxygens (including phenoxy) is 2. The molecule has 1 aromatic heterocycles. The van der Waals surface area contributed by atoms with Crippen molar-refractivity contribution >= 4 is 22.6 Å². The lowest BCUT2D eigenvalue weighted by atomic mass is 10.0. The molecule has 2 aromatic carbocycles. The molecule has 0 radical (unpaired) electrons. The van der Waals surface area contributed by atoms with Crippen molar-refractivity contribution in [3.05, 3.63) is 47.8 Å². The Kier molecular flexibility index (Phi) is 7.12. The molecule has 2 unspecified atom stereocenters. The number of hydrogen-bond acceptors (Lipinski definition) is 5. The van der Waals surface area contributed by atoms with Crippen LogP contribution < -0.4 is 15.0 Å². The van der Waals surface area contributed by atoms with Gasteiger partial charge in [0, 0.05) is 37.2 Å². The molecule has 4 rings (SSSR count). The molecule has 2 atom stereocenters. The molecule has 34 heavy (non-hydrogen) atoms. The fraction of sp³-hybridized carbons (Fsp3) is 0.444. The molecular weight excluding hydrogens is 435 g/mol. The smallest absolute Gasteiger partial charge is 0.255 e. The molecule has 0 saturated carbocycles. The van der Waals surface area contributed by atoms with E-state index in [1.54, 1.807) is 19.2 Å². The van der Waals surface area contributed by atoms with Crippen molar-refractivity contribution in [1.82, 2.24) is 5.32 Å². The second-order valence-electron chi connectivity index (χ2n) is 8.98. The maximum absolute atomic E-state index is 13.5.